The van der Waals surface area contributed by atoms with Gasteiger partial charge in [-0.25, -0.2) is 0 Å². The minimum absolute atomic E-state index is 0.902. The van der Waals surface area contributed by atoms with E-state index >= 15 is 0 Å². The largest absolute Gasteiger partial charge is 0.469 e. The molecule has 0 unspecified atom stereocenters. The Labute approximate surface area is 111 Å². The highest BCUT2D eigenvalue weighted by atomic mass is 32.1. The van der Waals surface area contributed by atoms with Crippen LogP contribution in [0.25, 0.3) is 0 Å². The Hall–Kier alpha value is -1.20. The van der Waals surface area contributed by atoms with Gasteiger partial charge in [0.2, 0.25) is 0 Å². The van der Waals surface area contributed by atoms with Gasteiger partial charge < -0.3 is 9.73 Å². The Balaban J connectivity index is 1.72. The third-order valence-electron chi connectivity index (χ3n) is 2.67. The molecule has 0 amide bonds. The molecule has 4 nitrogen and oxygen atoms in total. The van der Waals surface area contributed by atoms with Crippen molar-refractivity contribution in [1.29, 1.82) is 0 Å². The van der Waals surface area contributed by atoms with Crippen LogP contribution in [0.5, 0.6) is 0 Å². The van der Waals surface area contributed by atoms with Crippen LogP contribution in [0.2, 0.25) is 0 Å². The second-order valence-electron chi connectivity index (χ2n) is 4.13. The van der Waals surface area contributed by atoms with Crippen molar-refractivity contribution in [1.82, 2.24) is 15.5 Å². The van der Waals surface area contributed by atoms with E-state index in [9.17, 15) is 0 Å². The van der Waals surface area contributed by atoms with Crippen molar-refractivity contribution >= 4 is 11.3 Å². The fraction of sp³-hybridized carbons (Fsp3) is 0.538. The molecule has 1 N–H and O–H groups in total. The lowest BCUT2D eigenvalue weighted by atomic mass is 10.2. The highest BCUT2D eigenvalue weighted by Gasteiger charge is 2.05. The van der Waals surface area contributed by atoms with Crippen LogP contribution in [0.1, 0.15) is 29.1 Å². The second kappa shape index (κ2) is 7.28. The summed E-state index contributed by atoms with van der Waals surface area (Å²) >= 11 is 1.72. The van der Waals surface area contributed by atoms with Crippen molar-refractivity contribution in [3.05, 3.63) is 34.2 Å². The lowest BCUT2D eigenvalue weighted by molar-refractivity contribution is 0.508. The van der Waals surface area contributed by atoms with Crippen LogP contribution in [0.4, 0.5) is 0 Å². The van der Waals surface area contributed by atoms with Crippen LogP contribution in [0.15, 0.2) is 22.8 Å². The molecular weight excluding hydrogens is 246 g/mol. The molecule has 0 atom stereocenters. The SMILES string of the molecule is CCNCCCc1nnc(CCc2ccco2)s1. The molecular formula is C13H19N3OS. The first-order chi connectivity index (χ1) is 8.88. The maximum atomic E-state index is 5.30. The fourth-order valence-electron chi connectivity index (χ4n) is 1.72. The van der Waals surface area contributed by atoms with Gasteiger partial charge in [-0.05, 0) is 31.6 Å². The van der Waals surface area contributed by atoms with Crippen LogP contribution in [-0.4, -0.2) is 23.3 Å². The quantitative estimate of drug-likeness (QED) is 0.745. The zero-order chi connectivity index (χ0) is 12.6. The Bertz CT molecular complexity index is 439. The normalized spacial score (nSPS) is 10.9. The second-order valence-corrected chi connectivity index (χ2v) is 5.27. The van der Waals surface area contributed by atoms with Crippen LogP contribution < -0.4 is 5.32 Å². The molecule has 0 spiro atoms. The standard InChI is InChI=1S/C13H19N3OS/c1-2-14-9-3-6-12-15-16-13(18-12)8-7-11-5-4-10-17-11/h4-5,10,14H,2-3,6-9H2,1H3. The minimum Gasteiger partial charge on any atom is -0.469 e. The zero-order valence-corrected chi connectivity index (χ0v) is 11.5. The number of aryl methyl sites for hydroxylation is 3. The predicted octanol–water partition coefficient (Wildman–Crippen LogP) is 2.46. The molecule has 5 heteroatoms. The van der Waals surface area contributed by atoms with Crippen molar-refractivity contribution in [2.75, 3.05) is 13.1 Å². The molecule has 98 valence electrons. The molecule has 0 fully saturated rings. The number of furan rings is 1. The van der Waals surface area contributed by atoms with E-state index in [2.05, 4.69) is 22.4 Å². The number of nitrogens with zero attached hydrogens (tertiary/aromatic N) is 2. The molecule has 0 aromatic carbocycles. The molecule has 0 aliphatic carbocycles. The molecule has 2 aromatic heterocycles. The average molecular weight is 265 g/mol. The molecule has 0 aliphatic heterocycles. The summed E-state index contributed by atoms with van der Waals surface area (Å²) in [5, 5.41) is 14.0. The summed E-state index contributed by atoms with van der Waals surface area (Å²) in [5.41, 5.74) is 0. The summed E-state index contributed by atoms with van der Waals surface area (Å²) < 4.78 is 5.30. The first-order valence-electron chi connectivity index (χ1n) is 6.43. The minimum atomic E-state index is 0.902. The maximum absolute atomic E-state index is 5.30. The van der Waals surface area contributed by atoms with Crippen LogP contribution in [0, 0.1) is 0 Å². The number of rotatable bonds is 8. The van der Waals surface area contributed by atoms with Gasteiger partial charge in [0.1, 0.15) is 15.8 Å². The smallest absolute Gasteiger partial charge is 0.117 e. The van der Waals surface area contributed by atoms with Gasteiger partial charge in [-0.3, -0.25) is 0 Å². The molecule has 18 heavy (non-hydrogen) atoms. The summed E-state index contributed by atoms with van der Waals surface area (Å²) in [5.74, 6) is 1.01. The summed E-state index contributed by atoms with van der Waals surface area (Å²) in [7, 11) is 0. The van der Waals surface area contributed by atoms with Crippen molar-refractivity contribution in [2.45, 2.75) is 32.6 Å². The number of hydrogen-bond donors (Lipinski definition) is 1. The Morgan fingerprint density at radius 3 is 2.78 bits per heavy atom. The lowest BCUT2D eigenvalue weighted by Gasteiger charge is -1.97. The third kappa shape index (κ3) is 4.23. The van der Waals surface area contributed by atoms with Crippen molar-refractivity contribution in [3.8, 4) is 0 Å². The zero-order valence-electron chi connectivity index (χ0n) is 10.7. The van der Waals surface area contributed by atoms with Gasteiger partial charge in [0, 0.05) is 19.3 Å². The predicted molar refractivity (Wildman–Crippen MR) is 72.9 cm³/mol. The van der Waals surface area contributed by atoms with Gasteiger partial charge >= 0.3 is 0 Å². The van der Waals surface area contributed by atoms with E-state index in [4.69, 9.17) is 4.42 Å². The highest BCUT2D eigenvalue weighted by Crippen LogP contribution is 2.14. The number of hydrogen-bond acceptors (Lipinski definition) is 5. The van der Waals surface area contributed by atoms with Crippen LogP contribution in [-0.2, 0) is 19.3 Å². The first kappa shape index (κ1) is 13.2. The molecule has 0 saturated carbocycles. The van der Waals surface area contributed by atoms with Gasteiger partial charge in [0.25, 0.3) is 0 Å². The van der Waals surface area contributed by atoms with E-state index in [1.54, 1.807) is 17.6 Å². The van der Waals surface area contributed by atoms with Gasteiger partial charge in [0.05, 0.1) is 6.26 Å². The van der Waals surface area contributed by atoms with E-state index in [1.165, 1.54) is 0 Å². The van der Waals surface area contributed by atoms with E-state index in [-0.39, 0.29) is 0 Å². The van der Waals surface area contributed by atoms with Gasteiger partial charge in [-0.2, -0.15) is 0 Å². The van der Waals surface area contributed by atoms with Gasteiger partial charge in [-0.15, -0.1) is 21.5 Å². The molecule has 2 rings (SSSR count). The Morgan fingerprint density at radius 1 is 1.22 bits per heavy atom. The number of aromatic nitrogens is 2. The average Bonchev–Trinajstić information content (AvgIpc) is 3.03. The fourth-order valence-corrected chi connectivity index (χ4v) is 2.60. The van der Waals surface area contributed by atoms with E-state index in [1.807, 2.05) is 12.1 Å². The maximum Gasteiger partial charge on any atom is 0.117 e. The monoisotopic (exact) mass is 265 g/mol. The van der Waals surface area contributed by atoms with E-state index in [0.717, 1.165) is 54.5 Å². The summed E-state index contributed by atoms with van der Waals surface area (Å²) in [6.07, 6.45) is 5.67. The Morgan fingerprint density at radius 2 is 2.06 bits per heavy atom. The molecule has 2 aromatic rings. The van der Waals surface area contributed by atoms with Crippen molar-refractivity contribution in [3.63, 3.8) is 0 Å². The van der Waals surface area contributed by atoms with E-state index in [0.29, 0.717) is 0 Å². The summed E-state index contributed by atoms with van der Waals surface area (Å²) in [6, 6.07) is 3.92. The first-order valence-corrected chi connectivity index (χ1v) is 7.24. The molecule has 0 bridgehead atoms. The Kier molecular flexibility index (Phi) is 5.36. The van der Waals surface area contributed by atoms with E-state index < -0.39 is 0 Å². The molecule has 0 saturated heterocycles. The molecule has 2 heterocycles. The molecule has 0 aliphatic rings. The summed E-state index contributed by atoms with van der Waals surface area (Å²) in [4.78, 5) is 0. The van der Waals surface area contributed by atoms with Gasteiger partial charge in [-0.1, -0.05) is 6.92 Å². The lowest BCUT2D eigenvalue weighted by Crippen LogP contribution is -2.14. The summed E-state index contributed by atoms with van der Waals surface area (Å²) in [6.45, 7) is 4.21. The third-order valence-corrected chi connectivity index (χ3v) is 3.71. The topological polar surface area (TPSA) is 51.0 Å². The number of nitrogens with one attached hydrogen (secondary N) is 1. The van der Waals surface area contributed by atoms with Crippen LogP contribution in [0.3, 0.4) is 0 Å². The highest BCUT2D eigenvalue weighted by molar-refractivity contribution is 7.11. The molecule has 0 radical (unpaired) electrons. The van der Waals surface area contributed by atoms with Crippen LogP contribution >= 0.6 is 11.3 Å². The van der Waals surface area contributed by atoms with Crippen molar-refractivity contribution < 1.29 is 4.42 Å². The van der Waals surface area contributed by atoms with Crippen molar-refractivity contribution in [2.24, 2.45) is 0 Å². The van der Waals surface area contributed by atoms with Gasteiger partial charge in [0.15, 0.2) is 0 Å².